The van der Waals surface area contributed by atoms with E-state index in [9.17, 15) is 0 Å². The maximum absolute atomic E-state index is 5.52. The SMILES string of the molecule is N/C(=N/Br)N1CCOCC1. The molecule has 0 aromatic heterocycles. The molecule has 10 heavy (non-hydrogen) atoms. The van der Waals surface area contributed by atoms with Gasteiger partial charge in [0.15, 0.2) is 0 Å². The Morgan fingerprint density at radius 2 is 2.10 bits per heavy atom. The normalized spacial score (nSPS) is 21.3. The second kappa shape index (κ2) is 3.78. The molecule has 1 aliphatic heterocycles. The van der Waals surface area contributed by atoms with E-state index in [2.05, 4.69) is 20.2 Å². The number of nitrogens with two attached hydrogens (primary N) is 1. The lowest BCUT2D eigenvalue weighted by Gasteiger charge is -2.26. The molecule has 1 saturated heterocycles. The van der Waals surface area contributed by atoms with Gasteiger partial charge < -0.3 is 15.4 Å². The van der Waals surface area contributed by atoms with E-state index in [4.69, 9.17) is 10.5 Å². The first-order valence-corrected chi connectivity index (χ1v) is 3.82. The van der Waals surface area contributed by atoms with E-state index in [1.54, 1.807) is 0 Å². The quantitative estimate of drug-likeness (QED) is 0.448. The zero-order chi connectivity index (χ0) is 7.40. The molecule has 1 fully saturated rings. The Labute approximate surface area is 68.4 Å². The van der Waals surface area contributed by atoms with Gasteiger partial charge in [0.1, 0.15) is 0 Å². The van der Waals surface area contributed by atoms with E-state index in [0.717, 1.165) is 26.3 Å². The van der Waals surface area contributed by atoms with E-state index in [1.807, 2.05) is 4.90 Å². The number of ether oxygens (including phenoxy) is 1. The summed E-state index contributed by atoms with van der Waals surface area (Å²) in [7, 11) is 0. The molecule has 0 aromatic carbocycles. The van der Waals surface area contributed by atoms with Crippen LogP contribution in [-0.4, -0.2) is 37.2 Å². The summed E-state index contributed by atoms with van der Waals surface area (Å²) in [6, 6.07) is 0. The van der Waals surface area contributed by atoms with Crippen molar-refractivity contribution in [1.29, 1.82) is 0 Å². The number of hydrogen-bond acceptors (Lipinski definition) is 2. The molecule has 0 bridgehead atoms. The van der Waals surface area contributed by atoms with Crippen molar-refractivity contribution in [2.75, 3.05) is 26.3 Å². The van der Waals surface area contributed by atoms with Gasteiger partial charge in [0.05, 0.1) is 29.4 Å². The summed E-state index contributed by atoms with van der Waals surface area (Å²) in [5.74, 6) is 0.531. The van der Waals surface area contributed by atoms with Gasteiger partial charge in [0, 0.05) is 13.1 Å². The fraction of sp³-hybridized carbons (Fsp3) is 0.800. The van der Waals surface area contributed by atoms with Gasteiger partial charge in [-0.2, -0.15) is 4.02 Å². The predicted molar refractivity (Wildman–Crippen MR) is 42.9 cm³/mol. The summed E-state index contributed by atoms with van der Waals surface area (Å²) in [5.41, 5.74) is 5.52. The first-order valence-electron chi connectivity index (χ1n) is 3.11. The van der Waals surface area contributed by atoms with E-state index >= 15 is 0 Å². The monoisotopic (exact) mass is 207 g/mol. The third-order valence-corrected chi connectivity index (χ3v) is 1.79. The van der Waals surface area contributed by atoms with Crippen LogP contribution in [0.15, 0.2) is 4.02 Å². The number of nitrogens with zero attached hydrogens (tertiary/aromatic N) is 2. The van der Waals surface area contributed by atoms with E-state index < -0.39 is 0 Å². The predicted octanol–water partition coefficient (Wildman–Crippen LogP) is -0.0568. The molecule has 0 aliphatic carbocycles. The molecule has 1 heterocycles. The van der Waals surface area contributed by atoms with Crippen molar-refractivity contribution in [1.82, 2.24) is 4.90 Å². The van der Waals surface area contributed by atoms with Crippen molar-refractivity contribution in [2.24, 2.45) is 9.75 Å². The van der Waals surface area contributed by atoms with Crippen LogP contribution in [0.4, 0.5) is 0 Å². The van der Waals surface area contributed by atoms with Crippen LogP contribution in [-0.2, 0) is 4.74 Å². The summed E-state index contributed by atoms with van der Waals surface area (Å²) in [6.45, 7) is 3.15. The number of rotatable bonds is 0. The van der Waals surface area contributed by atoms with Crippen molar-refractivity contribution < 1.29 is 4.74 Å². The third-order valence-electron chi connectivity index (χ3n) is 1.42. The number of hydrogen-bond donors (Lipinski definition) is 1. The highest BCUT2D eigenvalue weighted by atomic mass is 79.9. The topological polar surface area (TPSA) is 50.8 Å². The summed E-state index contributed by atoms with van der Waals surface area (Å²) >= 11 is 2.93. The molecule has 0 spiro atoms. The van der Waals surface area contributed by atoms with Crippen LogP contribution in [0.2, 0.25) is 0 Å². The van der Waals surface area contributed by atoms with Gasteiger partial charge in [0.25, 0.3) is 0 Å². The fourth-order valence-electron chi connectivity index (χ4n) is 0.846. The van der Waals surface area contributed by atoms with Gasteiger partial charge >= 0.3 is 0 Å². The minimum atomic E-state index is 0.531. The first kappa shape index (κ1) is 7.81. The van der Waals surface area contributed by atoms with Gasteiger partial charge in [-0.25, -0.2) is 0 Å². The van der Waals surface area contributed by atoms with Crippen molar-refractivity contribution in [3.8, 4) is 0 Å². The molecule has 58 valence electrons. The highest BCUT2D eigenvalue weighted by Crippen LogP contribution is 1.96. The molecular weight excluding hydrogens is 198 g/mol. The molecule has 0 radical (unpaired) electrons. The molecule has 0 aromatic rings. The van der Waals surface area contributed by atoms with Crippen LogP contribution >= 0.6 is 16.1 Å². The zero-order valence-electron chi connectivity index (χ0n) is 5.59. The Morgan fingerprint density at radius 1 is 1.50 bits per heavy atom. The van der Waals surface area contributed by atoms with Crippen molar-refractivity contribution >= 4 is 22.1 Å². The lowest BCUT2D eigenvalue weighted by atomic mass is 10.4. The second-order valence-corrected chi connectivity index (χ2v) is 2.40. The van der Waals surface area contributed by atoms with Crippen LogP contribution in [0.3, 0.4) is 0 Å². The molecule has 5 heteroatoms. The summed E-state index contributed by atoms with van der Waals surface area (Å²) in [4.78, 5) is 1.97. The molecule has 1 rings (SSSR count). The summed E-state index contributed by atoms with van der Waals surface area (Å²) < 4.78 is 8.82. The van der Waals surface area contributed by atoms with Gasteiger partial charge in [-0.1, -0.05) is 0 Å². The van der Waals surface area contributed by atoms with Crippen molar-refractivity contribution in [2.45, 2.75) is 0 Å². The maximum Gasteiger partial charge on any atom is 0.203 e. The largest absolute Gasteiger partial charge is 0.378 e. The fourth-order valence-corrected chi connectivity index (χ4v) is 1.07. The number of guanidine groups is 1. The van der Waals surface area contributed by atoms with E-state index in [-0.39, 0.29) is 0 Å². The highest BCUT2D eigenvalue weighted by Gasteiger charge is 2.11. The van der Waals surface area contributed by atoms with Crippen LogP contribution in [0.1, 0.15) is 0 Å². The Hall–Kier alpha value is -0.290. The number of morpholine rings is 1. The Kier molecular flexibility index (Phi) is 2.95. The van der Waals surface area contributed by atoms with Crippen LogP contribution in [0, 0.1) is 0 Å². The zero-order valence-corrected chi connectivity index (χ0v) is 7.17. The summed E-state index contributed by atoms with van der Waals surface area (Å²) in [5, 5.41) is 0. The minimum absolute atomic E-state index is 0.531. The van der Waals surface area contributed by atoms with Crippen LogP contribution in [0.25, 0.3) is 0 Å². The molecule has 0 saturated carbocycles. The lowest BCUT2D eigenvalue weighted by Crippen LogP contribution is -2.44. The highest BCUT2D eigenvalue weighted by molar-refractivity contribution is 9.08. The van der Waals surface area contributed by atoms with Crippen LogP contribution in [0.5, 0.6) is 0 Å². The Balaban J connectivity index is 2.39. The summed E-state index contributed by atoms with van der Waals surface area (Å²) in [6.07, 6.45) is 0. The first-order chi connectivity index (χ1) is 4.84. The smallest absolute Gasteiger partial charge is 0.203 e. The Bertz CT molecular complexity index is 133. The van der Waals surface area contributed by atoms with Crippen molar-refractivity contribution in [3.63, 3.8) is 0 Å². The molecule has 4 nitrogen and oxygen atoms in total. The van der Waals surface area contributed by atoms with E-state index in [0.29, 0.717) is 5.96 Å². The molecule has 0 amide bonds. The lowest BCUT2D eigenvalue weighted by molar-refractivity contribution is 0.0677. The van der Waals surface area contributed by atoms with Gasteiger partial charge in [0.2, 0.25) is 5.96 Å². The van der Waals surface area contributed by atoms with Gasteiger partial charge in [-0.15, -0.1) is 0 Å². The van der Waals surface area contributed by atoms with Gasteiger partial charge in [-0.3, -0.25) is 0 Å². The average molecular weight is 208 g/mol. The Morgan fingerprint density at radius 3 is 2.60 bits per heavy atom. The van der Waals surface area contributed by atoms with Crippen LogP contribution < -0.4 is 5.73 Å². The third kappa shape index (κ3) is 1.85. The second-order valence-electron chi connectivity index (χ2n) is 2.04. The van der Waals surface area contributed by atoms with E-state index in [1.165, 1.54) is 0 Å². The average Bonchev–Trinajstić information content (AvgIpc) is 2.05. The molecule has 1 aliphatic rings. The molecule has 0 unspecified atom stereocenters. The molecule has 2 N–H and O–H groups in total. The number of halogens is 1. The van der Waals surface area contributed by atoms with Crippen molar-refractivity contribution in [3.05, 3.63) is 0 Å². The molecular formula is C5H10BrN3O. The molecule has 0 atom stereocenters. The standard InChI is InChI=1S/C5H10BrN3O/c6-8-5(7)9-1-3-10-4-2-9/h1-4H2,(H2,7,8). The minimum Gasteiger partial charge on any atom is -0.378 e. The maximum atomic E-state index is 5.52. The van der Waals surface area contributed by atoms with Gasteiger partial charge in [-0.05, 0) is 0 Å².